The Morgan fingerprint density at radius 1 is 1.53 bits per heavy atom. The van der Waals surface area contributed by atoms with Crippen molar-refractivity contribution in [2.75, 3.05) is 13.2 Å². The number of hydrogen-bond donors (Lipinski definition) is 0. The van der Waals surface area contributed by atoms with Crippen molar-refractivity contribution in [3.63, 3.8) is 0 Å². The number of azo groups is 1. The molecule has 0 saturated heterocycles. The van der Waals surface area contributed by atoms with Crippen molar-refractivity contribution < 1.29 is 14.3 Å². The predicted octanol–water partition coefficient (Wildman–Crippen LogP) is 2.47. The van der Waals surface area contributed by atoms with Crippen LogP contribution in [0, 0.1) is 0 Å². The van der Waals surface area contributed by atoms with Gasteiger partial charge < -0.3 is 9.47 Å². The van der Waals surface area contributed by atoms with E-state index in [2.05, 4.69) is 10.2 Å². The average Bonchev–Trinajstić information content (AvgIpc) is 2.67. The van der Waals surface area contributed by atoms with Gasteiger partial charge in [0.25, 0.3) is 0 Å². The number of hydrogen-bond acceptors (Lipinski definition) is 5. The second-order valence-corrected chi connectivity index (χ2v) is 5.00. The summed E-state index contributed by atoms with van der Waals surface area (Å²) in [5.41, 5.74) is 0.655. The van der Waals surface area contributed by atoms with Crippen molar-refractivity contribution in [3.8, 4) is 0 Å². The third kappa shape index (κ3) is 5.58. The molecule has 1 heterocycles. The lowest BCUT2D eigenvalue weighted by molar-refractivity contribution is -0.167. The number of esters is 1. The topological polar surface area (TPSA) is 60.2 Å². The summed E-state index contributed by atoms with van der Waals surface area (Å²) in [6, 6.07) is 0. The van der Waals surface area contributed by atoms with Crippen molar-refractivity contribution >= 4 is 5.97 Å². The van der Waals surface area contributed by atoms with E-state index in [1.807, 2.05) is 20.8 Å². The molecule has 0 amide bonds. The molecule has 5 heteroatoms. The van der Waals surface area contributed by atoms with Crippen molar-refractivity contribution in [1.82, 2.24) is 0 Å². The highest BCUT2D eigenvalue weighted by atomic mass is 16.6. The van der Waals surface area contributed by atoms with E-state index in [0.717, 1.165) is 12.0 Å². The first-order chi connectivity index (χ1) is 7.88. The second-order valence-electron chi connectivity index (χ2n) is 5.00. The summed E-state index contributed by atoms with van der Waals surface area (Å²) in [5.74, 6) is -0.327. The highest BCUT2D eigenvalue weighted by Crippen LogP contribution is 2.12. The molecular weight excluding hydrogens is 220 g/mol. The fraction of sp³-hybridized carbons (Fsp3) is 0.750. The molecule has 0 saturated carbocycles. The lowest BCUT2D eigenvalue weighted by Crippen LogP contribution is -2.32. The van der Waals surface area contributed by atoms with E-state index in [1.54, 1.807) is 13.1 Å². The lowest BCUT2D eigenvalue weighted by Gasteiger charge is -2.22. The summed E-state index contributed by atoms with van der Waals surface area (Å²) in [4.78, 5) is 11.6. The van der Waals surface area contributed by atoms with Gasteiger partial charge in [0.15, 0.2) is 6.10 Å². The minimum atomic E-state index is -0.537. The van der Waals surface area contributed by atoms with Crippen LogP contribution in [0.2, 0.25) is 0 Å². The molecule has 0 spiro atoms. The maximum absolute atomic E-state index is 11.6. The minimum Gasteiger partial charge on any atom is -0.458 e. The second kappa shape index (κ2) is 5.91. The van der Waals surface area contributed by atoms with Gasteiger partial charge in [0.05, 0.1) is 19.4 Å². The van der Waals surface area contributed by atoms with Gasteiger partial charge in [0.1, 0.15) is 5.60 Å². The number of nitrogens with zero attached hydrogens (tertiary/aromatic N) is 2. The van der Waals surface area contributed by atoms with Crippen LogP contribution in [0.5, 0.6) is 0 Å². The SMILES string of the molecule is CC(OCCC1=CN=NC1)C(=O)OC(C)(C)C. The van der Waals surface area contributed by atoms with Crippen LogP contribution in [0.4, 0.5) is 0 Å². The molecule has 1 unspecified atom stereocenters. The fourth-order valence-electron chi connectivity index (χ4n) is 1.26. The van der Waals surface area contributed by atoms with Crippen molar-refractivity contribution in [1.29, 1.82) is 0 Å². The van der Waals surface area contributed by atoms with E-state index >= 15 is 0 Å². The van der Waals surface area contributed by atoms with Gasteiger partial charge in [-0.15, -0.1) is 0 Å². The highest BCUT2D eigenvalue weighted by Gasteiger charge is 2.22. The zero-order chi connectivity index (χ0) is 12.9. The Balaban J connectivity index is 2.20. The van der Waals surface area contributed by atoms with E-state index in [-0.39, 0.29) is 5.97 Å². The maximum Gasteiger partial charge on any atom is 0.335 e. The molecule has 0 N–H and O–H groups in total. The monoisotopic (exact) mass is 240 g/mol. The molecule has 17 heavy (non-hydrogen) atoms. The molecular formula is C12H20N2O3. The van der Waals surface area contributed by atoms with Crippen LogP contribution in [0.1, 0.15) is 34.1 Å². The molecule has 0 aromatic carbocycles. The van der Waals surface area contributed by atoms with Crippen LogP contribution in [-0.2, 0) is 14.3 Å². The van der Waals surface area contributed by atoms with E-state index in [0.29, 0.717) is 13.2 Å². The number of carbonyl (C=O) groups is 1. The fourth-order valence-corrected chi connectivity index (χ4v) is 1.26. The zero-order valence-corrected chi connectivity index (χ0v) is 10.9. The Morgan fingerprint density at radius 2 is 2.24 bits per heavy atom. The third-order valence-electron chi connectivity index (χ3n) is 2.13. The van der Waals surface area contributed by atoms with Gasteiger partial charge in [-0.2, -0.15) is 10.2 Å². The molecule has 0 aromatic heterocycles. The van der Waals surface area contributed by atoms with Crippen LogP contribution in [-0.4, -0.2) is 30.8 Å². The van der Waals surface area contributed by atoms with Gasteiger partial charge >= 0.3 is 5.97 Å². The Labute approximate surface area is 102 Å². The van der Waals surface area contributed by atoms with Crippen molar-refractivity contribution in [2.24, 2.45) is 10.2 Å². The van der Waals surface area contributed by atoms with Gasteiger partial charge in [-0.1, -0.05) is 0 Å². The molecule has 0 bridgehead atoms. The Bertz CT molecular complexity index is 329. The van der Waals surface area contributed by atoms with Crippen LogP contribution in [0.15, 0.2) is 22.0 Å². The summed E-state index contributed by atoms with van der Waals surface area (Å²) in [5, 5.41) is 7.59. The molecule has 0 fully saturated rings. The summed E-state index contributed by atoms with van der Waals surface area (Å²) < 4.78 is 10.6. The first-order valence-electron chi connectivity index (χ1n) is 5.77. The van der Waals surface area contributed by atoms with Gasteiger partial charge in [-0.05, 0) is 39.7 Å². The number of rotatable bonds is 5. The third-order valence-corrected chi connectivity index (χ3v) is 2.13. The molecule has 96 valence electrons. The minimum absolute atomic E-state index is 0.327. The van der Waals surface area contributed by atoms with Crippen LogP contribution < -0.4 is 0 Å². The molecule has 0 aromatic rings. The molecule has 1 aliphatic heterocycles. The van der Waals surface area contributed by atoms with E-state index in [1.165, 1.54) is 0 Å². The summed E-state index contributed by atoms with van der Waals surface area (Å²) >= 11 is 0. The van der Waals surface area contributed by atoms with E-state index < -0.39 is 11.7 Å². The number of carbonyl (C=O) groups excluding carboxylic acids is 1. The summed E-state index contributed by atoms with van der Waals surface area (Å²) in [7, 11) is 0. The highest BCUT2D eigenvalue weighted by molar-refractivity contribution is 5.74. The Kier molecular flexibility index (Phi) is 4.81. The molecule has 0 radical (unpaired) electrons. The largest absolute Gasteiger partial charge is 0.458 e. The first kappa shape index (κ1) is 13.8. The summed E-state index contributed by atoms with van der Waals surface area (Å²) in [6.45, 7) is 8.34. The molecule has 0 aliphatic carbocycles. The first-order valence-corrected chi connectivity index (χ1v) is 5.77. The molecule has 1 atom stereocenters. The van der Waals surface area contributed by atoms with Crippen LogP contribution >= 0.6 is 0 Å². The number of ether oxygens (including phenoxy) is 2. The van der Waals surface area contributed by atoms with Crippen molar-refractivity contribution in [3.05, 3.63) is 11.8 Å². The van der Waals surface area contributed by atoms with Gasteiger partial charge in [0.2, 0.25) is 0 Å². The van der Waals surface area contributed by atoms with Gasteiger partial charge in [0, 0.05) is 0 Å². The van der Waals surface area contributed by atoms with Gasteiger partial charge in [-0.25, -0.2) is 4.79 Å². The van der Waals surface area contributed by atoms with Gasteiger partial charge in [-0.3, -0.25) is 0 Å². The molecule has 1 rings (SSSR count). The van der Waals surface area contributed by atoms with E-state index in [9.17, 15) is 4.79 Å². The Hall–Kier alpha value is -1.23. The predicted molar refractivity (Wildman–Crippen MR) is 63.7 cm³/mol. The van der Waals surface area contributed by atoms with Crippen LogP contribution in [0.3, 0.4) is 0 Å². The normalized spacial score (nSPS) is 16.8. The average molecular weight is 240 g/mol. The maximum atomic E-state index is 11.6. The molecule has 1 aliphatic rings. The van der Waals surface area contributed by atoms with Crippen molar-refractivity contribution in [2.45, 2.75) is 45.8 Å². The standard InChI is InChI=1S/C12H20N2O3/c1-9(11(15)17-12(2,3)4)16-6-5-10-7-13-14-8-10/h7,9H,5-6,8H2,1-4H3. The smallest absolute Gasteiger partial charge is 0.335 e. The zero-order valence-electron chi connectivity index (χ0n) is 10.9. The van der Waals surface area contributed by atoms with E-state index in [4.69, 9.17) is 9.47 Å². The van der Waals surface area contributed by atoms with Crippen LogP contribution in [0.25, 0.3) is 0 Å². The quantitative estimate of drug-likeness (QED) is 0.693. The summed E-state index contributed by atoms with van der Waals surface area (Å²) in [6.07, 6.45) is 1.95. The Morgan fingerprint density at radius 3 is 2.76 bits per heavy atom. The lowest BCUT2D eigenvalue weighted by atomic mass is 10.2. The molecule has 5 nitrogen and oxygen atoms in total.